The van der Waals surface area contributed by atoms with Crippen LogP contribution in [0.5, 0.6) is 0 Å². The van der Waals surface area contributed by atoms with E-state index >= 15 is 0 Å². The molecule has 1 amide bonds. The molecule has 1 aromatic rings. The molecule has 4 nitrogen and oxygen atoms in total. The van der Waals surface area contributed by atoms with Crippen molar-refractivity contribution in [2.45, 2.75) is 69.7 Å². The molecule has 1 saturated heterocycles. The van der Waals surface area contributed by atoms with Crippen LogP contribution in [-0.4, -0.2) is 32.7 Å². The second-order valence-corrected chi connectivity index (χ2v) is 15.0. The van der Waals surface area contributed by atoms with E-state index in [2.05, 4.69) is 26.6 Å². The van der Waals surface area contributed by atoms with E-state index in [0.29, 0.717) is 6.42 Å². The van der Waals surface area contributed by atoms with Crippen LogP contribution < -0.4 is 0 Å². The van der Waals surface area contributed by atoms with E-state index in [1.54, 1.807) is 24.3 Å². The molecule has 0 bridgehead atoms. The minimum Gasteiger partial charge on any atom is -0.274 e. The van der Waals surface area contributed by atoms with Gasteiger partial charge in [0.25, 0.3) is 10.0 Å². The maximum absolute atomic E-state index is 13.2. The SMILES string of the molecule is CC[C@@H]1[C@@H](CC)N(S(=O)(=O)c2ccc(C)cc2)C(=O)[C@@H]1[Si](C)(C)C. The number of carbonyl (C=O) groups excluding carboxylic acids is 1. The summed E-state index contributed by atoms with van der Waals surface area (Å²) in [6, 6.07) is 6.54. The van der Waals surface area contributed by atoms with E-state index in [0.717, 1.165) is 12.0 Å². The van der Waals surface area contributed by atoms with Gasteiger partial charge >= 0.3 is 0 Å². The van der Waals surface area contributed by atoms with Crippen molar-refractivity contribution in [1.29, 1.82) is 0 Å². The summed E-state index contributed by atoms with van der Waals surface area (Å²) >= 11 is 0. The topological polar surface area (TPSA) is 54.5 Å². The summed E-state index contributed by atoms with van der Waals surface area (Å²) in [6.45, 7) is 12.4. The van der Waals surface area contributed by atoms with Gasteiger partial charge in [-0.3, -0.25) is 4.79 Å². The van der Waals surface area contributed by atoms with Gasteiger partial charge in [0.2, 0.25) is 5.91 Å². The number of hydrogen-bond acceptors (Lipinski definition) is 3. The number of rotatable bonds is 5. The van der Waals surface area contributed by atoms with Gasteiger partial charge in [-0.25, -0.2) is 12.7 Å². The minimum atomic E-state index is -3.80. The molecule has 24 heavy (non-hydrogen) atoms. The fraction of sp³-hybridized carbons (Fsp3) is 0.611. The highest BCUT2D eigenvalue weighted by Crippen LogP contribution is 2.46. The zero-order valence-corrected chi connectivity index (χ0v) is 17.4. The molecule has 0 saturated carbocycles. The largest absolute Gasteiger partial charge is 0.274 e. The first-order valence-electron chi connectivity index (χ1n) is 8.70. The molecule has 3 atom stereocenters. The summed E-state index contributed by atoms with van der Waals surface area (Å²) in [4.78, 5) is 13.4. The van der Waals surface area contributed by atoms with Crippen LogP contribution in [-0.2, 0) is 14.8 Å². The van der Waals surface area contributed by atoms with E-state index in [1.807, 2.05) is 13.8 Å². The Balaban J connectivity index is 2.55. The van der Waals surface area contributed by atoms with Crippen molar-refractivity contribution >= 4 is 24.0 Å². The molecule has 0 radical (unpaired) electrons. The Morgan fingerprint density at radius 2 is 1.58 bits per heavy atom. The van der Waals surface area contributed by atoms with Crippen LogP contribution >= 0.6 is 0 Å². The highest BCUT2D eigenvalue weighted by Gasteiger charge is 2.55. The third-order valence-corrected chi connectivity index (χ3v) is 9.48. The fourth-order valence-corrected chi connectivity index (χ4v) is 8.42. The van der Waals surface area contributed by atoms with Crippen LogP contribution in [0.2, 0.25) is 25.2 Å². The number of aryl methyl sites for hydroxylation is 1. The Hall–Kier alpha value is -1.14. The van der Waals surface area contributed by atoms with Crippen LogP contribution in [0.15, 0.2) is 29.2 Å². The van der Waals surface area contributed by atoms with Crippen molar-refractivity contribution < 1.29 is 13.2 Å². The molecule has 1 fully saturated rings. The maximum Gasteiger partial charge on any atom is 0.266 e. The third kappa shape index (κ3) is 3.18. The zero-order chi connectivity index (χ0) is 18.3. The van der Waals surface area contributed by atoms with Crippen LogP contribution in [0.25, 0.3) is 0 Å². The first-order valence-corrected chi connectivity index (χ1v) is 13.7. The molecular formula is C18H29NO3SSi. The minimum absolute atomic E-state index is 0.120. The zero-order valence-electron chi connectivity index (χ0n) is 15.5. The summed E-state index contributed by atoms with van der Waals surface area (Å²) in [7, 11) is -5.61. The summed E-state index contributed by atoms with van der Waals surface area (Å²) in [5, 5.41) is 0. The van der Waals surface area contributed by atoms with Gasteiger partial charge in [-0.2, -0.15) is 0 Å². The smallest absolute Gasteiger partial charge is 0.266 e. The van der Waals surface area contributed by atoms with Gasteiger partial charge in [0.1, 0.15) is 0 Å². The first-order chi connectivity index (χ1) is 11.1. The van der Waals surface area contributed by atoms with E-state index in [-0.39, 0.29) is 28.3 Å². The third-order valence-electron chi connectivity index (χ3n) is 5.11. The predicted molar refractivity (Wildman–Crippen MR) is 100 cm³/mol. The Labute approximate surface area is 147 Å². The standard InChI is InChI=1S/C18H29NO3SSi/c1-7-15-16(8-2)19(18(20)17(15)24(4,5)6)23(21,22)14-11-9-13(3)10-12-14/h9-12,15-17H,7-8H2,1-6H3/t15-,16-,17-/m1/s1. The van der Waals surface area contributed by atoms with Gasteiger partial charge in [-0.05, 0) is 31.4 Å². The van der Waals surface area contributed by atoms with Crippen molar-refractivity contribution in [2.75, 3.05) is 0 Å². The molecule has 0 aliphatic carbocycles. The van der Waals surface area contributed by atoms with Gasteiger partial charge in [-0.1, -0.05) is 57.6 Å². The molecule has 0 aromatic heterocycles. The summed E-state index contributed by atoms with van der Waals surface area (Å²) in [5.41, 5.74) is 0.868. The first kappa shape index (κ1) is 19.2. The molecule has 0 unspecified atom stereocenters. The van der Waals surface area contributed by atoms with Crippen molar-refractivity contribution in [3.8, 4) is 0 Å². The van der Waals surface area contributed by atoms with Crippen LogP contribution in [0.3, 0.4) is 0 Å². The number of hydrogen-bond donors (Lipinski definition) is 0. The molecular weight excluding hydrogens is 338 g/mol. The van der Waals surface area contributed by atoms with Crippen LogP contribution in [0.1, 0.15) is 32.3 Å². The Morgan fingerprint density at radius 1 is 1.04 bits per heavy atom. The van der Waals surface area contributed by atoms with Gasteiger partial charge in [0.15, 0.2) is 0 Å². The lowest BCUT2D eigenvalue weighted by atomic mass is 9.95. The van der Waals surface area contributed by atoms with Gasteiger partial charge in [0, 0.05) is 5.54 Å². The predicted octanol–water partition coefficient (Wildman–Crippen LogP) is 4.04. The lowest BCUT2D eigenvalue weighted by Crippen LogP contribution is -2.41. The average molecular weight is 368 g/mol. The van der Waals surface area contributed by atoms with Crippen molar-refractivity contribution in [3.63, 3.8) is 0 Å². The average Bonchev–Trinajstić information content (AvgIpc) is 2.79. The maximum atomic E-state index is 13.2. The van der Waals surface area contributed by atoms with Crippen molar-refractivity contribution in [2.24, 2.45) is 5.92 Å². The normalized spacial score (nSPS) is 25.3. The summed E-state index contributed by atoms with van der Waals surface area (Å²) in [6.07, 6.45) is 1.50. The van der Waals surface area contributed by atoms with Crippen molar-refractivity contribution in [3.05, 3.63) is 29.8 Å². The Morgan fingerprint density at radius 3 is 2.00 bits per heavy atom. The van der Waals surface area contributed by atoms with E-state index in [9.17, 15) is 13.2 Å². The van der Waals surface area contributed by atoms with Crippen molar-refractivity contribution in [1.82, 2.24) is 4.31 Å². The monoisotopic (exact) mass is 367 g/mol. The number of sulfonamides is 1. The second-order valence-electron chi connectivity index (χ2n) is 7.84. The van der Waals surface area contributed by atoms with Gasteiger partial charge in [-0.15, -0.1) is 0 Å². The summed E-state index contributed by atoms with van der Waals surface area (Å²) in [5.74, 6) is -0.0668. The molecule has 0 N–H and O–H groups in total. The Kier molecular flexibility index (Phi) is 5.30. The quantitative estimate of drug-likeness (QED) is 0.738. The number of benzene rings is 1. The van der Waals surface area contributed by atoms with E-state index < -0.39 is 18.1 Å². The highest BCUT2D eigenvalue weighted by molar-refractivity contribution is 7.89. The summed E-state index contributed by atoms with van der Waals surface area (Å²) < 4.78 is 27.6. The second kappa shape index (κ2) is 6.63. The number of amides is 1. The fourth-order valence-electron chi connectivity index (χ4n) is 3.99. The molecule has 1 aliphatic heterocycles. The van der Waals surface area contributed by atoms with Gasteiger partial charge in [0.05, 0.1) is 19.0 Å². The van der Waals surface area contributed by atoms with Crippen LogP contribution in [0.4, 0.5) is 0 Å². The van der Waals surface area contributed by atoms with E-state index in [1.165, 1.54) is 4.31 Å². The lowest BCUT2D eigenvalue weighted by Gasteiger charge is -2.29. The highest BCUT2D eigenvalue weighted by atomic mass is 32.2. The van der Waals surface area contributed by atoms with Gasteiger partial charge < -0.3 is 0 Å². The number of nitrogens with zero attached hydrogens (tertiary/aromatic N) is 1. The molecule has 1 heterocycles. The molecule has 6 heteroatoms. The van der Waals surface area contributed by atoms with E-state index in [4.69, 9.17) is 0 Å². The van der Waals surface area contributed by atoms with Crippen LogP contribution in [0, 0.1) is 12.8 Å². The molecule has 0 spiro atoms. The molecule has 134 valence electrons. The molecule has 1 aliphatic rings. The Bertz CT molecular complexity index is 707. The molecule has 1 aromatic carbocycles. The molecule has 2 rings (SSSR count). The number of carbonyl (C=O) groups is 1. The lowest BCUT2D eigenvalue weighted by molar-refractivity contribution is -0.124.